The molecule has 0 spiro atoms. The molecule has 0 atom stereocenters. The Bertz CT molecular complexity index is 487. The van der Waals surface area contributed by atoms with E-state index in [1.54, 1.807) is 18.2 Å². The van der Waals surface area contributed by atoms with E-state index in [9.17, 15) is 9.90 Å². The number of thiophene rings is 1. The van der Waals surface area contributed by atoms with Crippen molar-refractivity contribution in [3.05, 3.63) is 23.8 Å². The Balaban J connectivity index is 2.81. The van der Waals surface area contributed by atoms with Crippen LogP contribution in [0.3, 0.4) is 0 Å². The van der Waals surface area contributed by atoms with E-state index in [0.717, 1.165) is 16.4 Å². The van der Waals surface area contributed by atoms with E-state index in [2.05, 4.69) is 0 Å². The monoisotopic (exact) mass is 208 g/mol. The summed E-state index contributed by atoms with van der Waals surface area (Å²) < 4.78 is 6.00. The molecule has 0 bridgehead atoms. The molecule has 72 valence electrons. The number of carbonyl (C=O) groups excluding carboxylic acids is 1. The van der Waals surface area contributed by atoms with Gasteiger partial charge in [-0.3, -0.25) is 4.79 Å². The van der Waals surface area contributed by atoms with Gasteiger partial charge in [0, 0.05) is 10.1 Å². The smallest absolute Gasteiger partial charge is 0.185 e. The molecular formula is C10H8O3S. The first-order chi connectivity index (χ1) is 6.76. The molecule has 3 nitrogen and oxygen atoms in total. The van der Waals surface area contributed by atoms with Gasteiger partial charge in [-0.25, -0.2) is 0 Å². The average molecular weight is 208 g/mol. The van der Waals surface area contributed by atoms with Crippen LogP contribution in [0.2, 0.25) is 0 Å². The highest BCUT2D eigenvalue weighted by Crippen LogP contribution is 2.37. The molecule has 1 heterocycles. The number of phenols is 1. The predicted molar refractivity (Wildman–Crippen MR) is 55.4 cm³/mol. The summed E-state index contributed by atoms with van der Waals surface area (Å²) in [5.41, 5.74) is 0.503. The van der Waals surface area contributed by atoms with Gasteiger partial charge in [-0.2, -0.15) is 0 Å². The van der Waals surface area contributed by atoms with E-state index >= 15 is 0 Å². The highest BCUT2D eigenvalue weighted by Gasteiger charge is 2.11. The number of aromatic hydroxyl groups is 1. The minimum atomic E-state index is 0.154. The average Bonchev–Trinajstić information content (AvgIpc) is 2.54. The van der Waals surface area contributed by atoms with Crippen molar-refractivity contribution in [2.45, 2.75) is 0 Å². The lowest BCUT2D eigenvalue weighted by Gasteiger charge is -1.94. The summed E-state index contributed by atoms with van der Waals surface area (Å²) in [5.74, 6) is 0.154. The third-order valence-electron chi connectivity index (χ3n) is 1.98. The van der Waals surface area contributed by atoms with Gasteiger partial charge in [-0.05, 0) is 18.2 Å². The fourth-order valence-corrected chi connectivity index (χ4v) is 2.31. The van der Waals surface area contributed by atoms with Crippen LogP contribution in [-0.4, -0.2) is 18.5 Å². The molecule has 1 aromatic carbocycles. The third kappa shape index (κ3) is 1.24. The number of hydrogen-bond donors (Lipinski definition) is 1. The molecule has 0 aliphatic carbocycles. The second-order valence-electron chi connectivity index (χ2n) is 2.81. The van der Waals surface area contributed by atoms with Gasteiger partial charge in [0.15, 0.2) is 11.3 Å². The van der Waals surface area contributed by atoms with Crippen molar-refractivity contribution in [2.24, 2.45) is 0 Å². The van der Waals surface area contributed by atoms with Crippen LogP contribution in [0.25, 0.3) is 10.1 Å². The molecule has 0 amide bonds. The maximum Gasteiger partial charge on any atom is 0.185 e. The zero-order valence-electron chi connectivity index (χ0n) is 7.48. The van der Waals surface area contributed by atoms with Gasteiger partial charge < -0.3 is 9.84 Å². The van der Waals surface area contributed by atoms with Crippen LogP contribution in [0, 0.1) is 0 Å². The molecule has 0 fully saturated rings. The van der Waals surface area contributed by atoms with E-state index in [0.29, 0.717) is 10.6 Å². The van der Waals surface area contributed by atoms with Gasteiger partial charge in [0.05, 0.1) is 12.7 Å². The molecule has 0 radical (unpaired) electrons. The van der Waals surface area contributed by atoms with Crippen molar-refractivity contribution in [3.63, 3.8) is 0 Å². The van der Waals surface area contributed by atoms with E-state index < -0.39 is 0 Å². The quantitative estimate of drug-likeness (QED) is 0.771. The van der Waals surface area contributed by atoms with Crippen LogP contribution in [0.4, 0.5) is 0 Å². The van der Waals surface area contributed by atoms with Crippen LogP contribution >= 0.6 is 11.3 Å². The lowest BCUT2D eigenvalue weighted by atomic mass is 10.2. The molecule has 2 rings (SSSR count). The minimum Gasteiger partial charge on any atom is -0.508 e. The normalized spacial score (nSPS) is 10.4. The standard InChI is InChI=1S/C10H8O3S/c1-13-10-8(5-11)7-4-6(12)2-3-9(7)14-10/h2-5,12H,1H3. The molecule has 0 aliphatic rings. The molecule has 4 heteroatoms. The SMILES string of the molecule is COc1sc2ccc(O)cc2c1C=O. The maximum atomic E-state index is 10.8. The van der Waals surface area contributed by atoms with Crippen LogP contribution in [0.1, 0.15) is 10.4 Å². The number of ether oxygens (including phenoxy) is 1. The fraction of sp³-hybridized carbons (Fsp3) is 0.100. The summed E-state index contributed by atoms with van der Waals surface area (Å²) >= 11 is 1.39. The summed E-state index contributed by atoms with van der Waals surface area (Å²) in [6.45, 7) is 0. The second kappa shape index (κ2) is 3.31. The summed E-state index contributed by atoms with van der Waals surface area (Å²) in [6, 6.07) is 4.93. The summed E-state index contributed by atoms with van der Waals surface area (Å²) in [7, 11) is 1.53. The Labute approximate surface area is 84.6 Å². The lowest BCUT2D eigenvalue weighted by molar-refractivity contribution is 0.112. The Kier molecular flexibility index (Phi) is 2.13. The van der Waals surface area contributed by atoms with Crippen molar-refractivity contribution in [2.75, 3.05) is 7.11 Å². The number of fused-ring (bicyclic) bond motifs is 1. The molecule has 0 aliphatic heterocycles. The first-order valence-electron chi connectivity index (χ1n) is 4.01. The first-order valence-corrected chi connectivity index (χ1v) is 4.82. The molecular weight excluding hydrogens is 200 g/mol. The number of aldehydes is 1. The van der Waals surface area contributed by atoms with E-state index in [1.807, 2.05) is 0 Å². The number of carbonyl (C=O) groups is 1. The molecule has 0 unspecified atom stereocenters. The molecule has 0 saturated carbocycles. The number of hydrogen-bond acceptors (Lipinski definition) is 4. The van der Waals surface area contributed by atoms with E-state index in [1.165, 1.54) is 18.4 Å². The van der Waals surface area contributed by atoms with Crippen molar-refractivity contribution in [3.8, 4) is 10.8 Å². The zero-order chi connectivity index (χ0) is 10.1. The molecule has 1 N–H and O–H groups in total. The highest BCUT2D eigenvalue weighted by atomic mass is 32.1. The number of methoxy groups -OCH3 is 1. The van der Waals surface area contributed by atoms with Gasteiger partial charge >= 0.3 is 0 Å². The van der Waals surface area contributed by atoms with Crippen molar-refractivity contribution in [1.82, 2.24) is 0 Å². The highest BCUT2D eigenvalue weighted by molar-refractivity contribution is 7.21. The van der Waals surface area contributed by atoms with E-state index in [4.69, 9.17) is 4.74 Å². The number of benzene rings is 1. The summed E-state index contributed by atoms with van der Waals surface area (Å²) in [4.78, 5) is 10.8. The van der Waals surface area contributed by atoms with Crippen molar-refractivity contribution in [1.29, 1.82) is 0 Å². The molecule has 0 saturated heterocycles. The zero-order valence-corrected chi connectivity index (χ0v) is 8.30. The molecule has 2 aromatic rings. The lowest BCUT2D eigenvalue weighted by Crippen LogP contribution is -1.83. The van der Waals surface area contributed by atoms with Gasteiger partial charge in [-0.15, -0.1) is 0 Å². The predicted octanol–water partition coefficient (Wildman–Crippen LogP) is 2.43. The van der Waals surface area contributed by atoms with Crippen molar-refractivity contribution >= 4 is 27.7 Å². The third-order valence-corrected chi connectivity index (χ3v) is 3.13. The maximum absolute atomic E-state index is 10.8. The van der Waals surface area contributed by atoms with Gasteiger partial charge in [0.25, 0.3) is 0 Å². The minimum absolute atomic E-state index is 0.154. The Morgan fingerprint density at radius 3 is 2.93 bits per heavy atom. The summed E-state index contributed by atoms with van der Waals surface area (Å²) in [5, 5.41) is 10.6. The Morgan fingerprint density at radius 2 is 2.29 bits per heavy atom. The van der Waals surface area contributed by atoms with Crippen molar-refractivity contribution < 1.29 is 14.6 Å². The largest absolute Gasteiger partial charge is 0.508 e. The topological polar surface area (TPSA) is 46.5 Å². The first kappa shape index (κ1) is 9.02. The molecule has 14 heavy (non-hydrogen) atoms. The molecule has 1 aromatic heterocycles. The van der Waals surface area contributed by atoms with Gasteiger partial charge in [-0.1, -0.05) is 11.3 Å². The number of rotatable bonds is 2. The van der Waals surface area contributed by atoms with Crippen LogP contribution in [0.5, 0.6) is 10.8 Å². The van der Waals surface area contributed by atoms with Crippen LogP contribution in [-0.2, 0) is 0 Å². The second-order valence-corrected chi connectivity index (χ2v) is 3.82. The Morgan fingerprint density at radius 1 is 1.50 bits per heavy atom. The van der Waals surface area contributed by atoms with Crippen LogP contribution < -0.4 is 4.74 Å². The fourth-order valence-electron chi connectivity index (χ4n) is 1.35. The number of phenolic OH excluding ortho intramolecular Hbond substituents is 1. The summed E-state index contributed by atoms with van der Waals surface area (Å²) in [6.07, 6.45) is 0.747. The van der Waals surface area contributed by atoms with Crippen LogP contribution in [0.15, 0.2) is 18.2 Å². The van der Waals surface area contributed by atoms with E-state index in [-0.39, 0.29) is 5.75 Å². The Hall–Kier alpha value is -1.55. The van der Waals surface area contributed by atoms with Gasteiger partial charge in [0.2, 0.25) is 0 Å². The van der Waals surface area contributed by atoms with Gasteiger partial charge in [0.1, 0.15) is 5.75 Å².